The van der Waals surface area contributed by atoms with Gasteiger partial charge >= 0.3 is 11.9 Å². The highest BCUT2D eigenvalue weighted by atomic mass is 16.6. The van der Waals surface area contributed by atoms with Gasteiger partial charge in [-0.05, 0) is 37.1 Å². The lowest BCUT2D eigenvalue weighted by Crippen LogP contribution is -2.13. The SMILES string of the molecule is C=CCOCCCCCCCCOc1cccc(C(=O)O)c1OC(=O)c1ccccc1. The minimum atomic E-state index is -1.18. The highest BCUT2D eigenvalue weighted by molar-refractivity contribution is 5.96. The number of hydrogen-bond donors (Lipinski definition) is 1. The van der Waals surface area contributed by atoms with Crippen molar-refractivity contribution in [2.75, 3.05) is 19.8 Å². The Morgan fingerprint density at radius 3 is 2.23 bits per heavy atom. The highest BCUT2D eigenvalue weighted by Crippen LogP contribution is 2.32. The fraction of sp³-hybridized carbons (Fsp3) is 0.360. The standard InChI is InChI=1S/C25H30O6/c1-2-17-29-18-10-5-3-4-6-11-19-30-22-16-12-15-21(24(26)27)23(22)31-25(28)20-13-8-7-9-14-20/h2,7-9,12-16H,1,3-6,10-11,17-19H2,(H,26,27). The van der Waals surface area contributed by atoms with Crippen molar-refractivity contribution in [3.63, 3.8) is 0 Å². The number of carboxylic acid groups (broad SMARTS) is 1. The second-order valence-corrected chi connectivity index (χ2v) is 7.03. The first-order valence-corrected chi connectivity index (χ1v) is 10.6. The van der Waals surface area contributed by atoms with Gasteiger partial charge in [0.05, 0.1) is 18.8 Å². The van der Waals surface area contributed by atoms with E-state index < -0.39 is 11.9 Å². The summed E-state index contributed by atoms with van der Waals surface area (Å²) in [7, 11) is 0. The van der Waals surface area contributed by atoms with Crippen LogP contribution in [0.15, 0.2) is 61.2 Å². The molecule has 0 saturated heterocycles. The van der Waals surface area contributed by atoms with Gasteiger partial charge in [-0.3, -0.25) is 0 Å². The maximum atomic E-state index is 12.4. The molecule has 0 unspecified atom stereocenters. The summed E-state index contributed by atoms with van der Waals surface area (Å²) in [5.74, 6) is -1.62. The van der Waals surface area contributed by atoms with Gasteiger partial charge in [0.15, 0.2) is 11.5 Å². The van der Waals surface area contributed by atoms with E-state index in [4.69, 9.17) is 14.2 Å². The van der Waals surface area contributed by atoms with Gasteiger partial charge < -0.3 is 19.3 Å². The zero-order valence-corrected chi connectivity index (χ0v) is 17.8. The van der Waals surface area contributed by atoms with Crippen LogP contribution in [-0.4, -0.2) is 36.9 Å². The van der Waals surface area contributed by atoms with Gasteiger partial charge in [-0.15, -0.1) is 6.58 Å². The van der Waals surface area contributed by atoms with E-state index >= 15 is 0 Å². The van der Waals surface area contributed by atoms with Gasteiger partial charge in [-0.1, -0.05) is 56.0 Å². The molecule has 0 saturated carbocycles. The van der Waals surface area contributed by atoms with Gasteiger partial charge in [0.2, 0.25) is 0 Å². The average Bonchev–Trinajstić information content (AvgIpc) is 2.78. The Hall–Kier alpha value is -3.12. The maximum absolute atomic E-state index is 12.4. The average molecular weight is 427 g/mol. The monoisotopic (exact) mass is 426 g/mol. The number of carbonyl (C=O) groups excluding carboxylic acids is 1. The Bertz CT molecular complexity index is 831. The van der Waals surface area contributed by atoms with Crippen LogP contribution < -0.4 is 9.47 Å². The van der Waals surface area contributed by atoms with E-state index in [1.807, 2.05) is 0 Å². The van der Waals surface area contributed by atoms with E-state index in [2.05, 4.69) is 6.58 Å². The number of benzene rings is 2. The molecule has 0 aromatic heterocycles. The Morgan fingerprint density at radius 1 is 0.871 bits per heavy atom. The number of esters is 1. The molecule has 0 bridgehead atoms. The van der Waals surface area contributed by atoms with Crippen molar-refractivity contribution in [2.45, 2.75) is 38.5 Å². The Balaban J connectivity index is 1.83. The van der Waals surface area contributed by atoms with Gasteiger partial charge in [-0.2, -0.15) is 0 Å². The zero-order valence-electron chi connectivity index (χ0n) is 17.8. The predicted molar refractivity (Wildman–Crippen MR) is 119 cm³/mol. The number of rotatable bonds is 15. The molecule has 2 aromatic rings. The molecule has 0 amide bonds. The summed E-state index contributed by atoms with van der Waals surface area (Å²) in [6.45, 7) is 5.40. The molecule has 0 aliphatic carbocycles. The second-order valence-electron chi connectivity index (χ2n) is 7.03. The second kappa shape index (κ2) is 14.0. The van der Waals surface area contributed by atoms with Crippen molar-refractivity contribution < 1.29 is 28.9 Å². The molecule has 166 valence electrons. The summed E-state index contributed by atoms with van der Waals surface area (Å²) < 4.78 is 16.5. The van der Waals surface area contributed by atoms with Crippen molar-refractivity contribution >= 4 is 11.9 Å². The summed E-state index contributed by atoms with van der Waals surface area (Å²) in [5.41, 5.74) is 0.226. The number of carboxylic acids is 1. The molecule has 0 heterocycles. The van der Waals surface area contributed by atoms with Crippen LogP contribution >= 0.6 is 0 Å². The lowest BCUT2D eigenvalue weighted by atomic mass is 10.1. The van der Waals surface area contributed by atoms with E-state index in [-0.39, 0.29) is 17.1 Å². The first-order chi connectivity index (χ1) is 15.1. The summed E-state index contributed by atoms with van der Waals surface area (Å²) in [5, 5.41) is 9.47. The van der Waals surface area contributed by atoms with E-state index in [9.17, 15) is 14.7 Å². The molecule has 31 heavy (non-hydrogen) atoms. The third kappa shape index (κ3) is 8.64. The van der Waals surface area contributed by atoms with Crippen molar-refractivity contribution in [3.05, 3.63) is 72.3 Å². The van der Waals surface area contributed by atoms with E-state index in [1.54, 1.807) is 48.5 Å². The van der Waals surface area contributed by atoms with Crippen LogP contribution in [0.1, 0.15) is 59.2 Å². The van der Waals surface area contributed by atoms with Crippen LogP contribution in [0.4, 0.5) is 0 Å². The Kier molecular flexibility index (Phi) is 10.9. The fourth-order valence-electron chi connectivity index (χ4n) is 2.99. The van der Waals surface area contributed by atoms with Crippen molar-refractivity contribution in [1.29, 1.82) is 0 Å². The van der Waals surface area contributed by atoms with Crippen LogP contribution in [0.3, 0.4) is 0 Å². The smallest absolute Gasteiger partial charge is 0.343 e. The number of aromatic carboxylic acids is 1. The molecule has 0 atom stereocenters. The third-order valence-corrected chi connectivity index (χ3v) is 4.59. The maximum Gasteiger partial charge on any atom is 0.343 e. The topological polar surface area (TPSA) is 82.1 Å². The number of hydrogen-bond acceptors (Lipinski definition) is 5. The largest absolute Gasteiger partial charge is 0.490 e. The molecule has 0 fully saturated rings. The molecule has 0 aliphatic rings. The lowest BCUT2D eigenvalue weighted by molar-refractivity contribution is 0.0677. The van der Waals surface area contributed by atoms with E-state index in [0.717, 1.165) is 45.1 Å². The van der Waals surface area contributed by atoms with E-state index in [0.29, 0.717) is 18.8 Å². The molecule has 2 aromatic carbocycles. The zero-order chi connectivity index (χ0) is 22.3. The molecule has 0 spiro atoms. The molecule has 1 N–H and O–H groups in total. The summed E-state index contributed by atoms with van der Waals surface area (Å²) >= 11 is 0. The third-order valence-electron chi connectivity index (χ3n) is 4.59. The van der Waals surface area contributed by atoms with Gasteiger partial charge in [0, 0.05) is 6.61 Å². The first kappa shape index (κ1) is 24.2. The Morgan fingerprint density at radius 2 is 1.55 bits per heavy atom. The quantitative estimate of drug-likeness (QED) is 0.175. The molecule has 2 rings (SSSR count). The molecule has 6 heteroatoms. The molecule has 0 radical (unpaired) electrons. The lowest BCUT2D eigenvalue weighted by Gasteiger charge is -2.14. The summed E-state index contributed by atoms with van der Waals surface area (Å²) in [6.07, 6.45) is 7.98. The minimum absolute atomic E-state index is 0.0663. The van der Waals surface area contributed by atoms with Gasteiger partial charge in [-0.25, -0.2) is 9.59 Å². The first-order valence-electron chi connectivity index (χ1n) is 10.6. The van der Waals surface area contributed by atoms with Crippen LogP contribution in [0, 0.1) is 0 Å². The van der Waals surface area contributed by atoms with Gasteiger partial charge in [0.1, 0.15) is 5.56 Å². The Labute approximate surface area is 183 Å². The predicted octanol–water partition coefficient (Wildman–Crippen LogP) is 5.53. The molecule has 6 nitrogen and oxygen atoms in total. The van der Waals surface area contributed by atoms with Crippen molar-refractivity contribution in [2.24, 2.45) is 0 Å². The minimum Gasteiger partial charge on any atom is -0.490 e. The molecular weight excluding hydrogens is 396 g/mol. The number of carbonyl (C=O) groups is 2. The summed E-state index contributed by atoms with van der Waals surface area (Å²) in [4.78, 5) is 24.0. The van der Waals surface area contributed by atoms with Crippen LogP contribution in [0.25, 0.3) is 0 Å². The summed E-state index contributed by atoms with van der Waals surface area (Å²) in [6, 6.07) is 13.0. The fourth-order valence-corrected chi connectivity index (χ4v) is 2.99. The van der Waals surface area contributed by atoms with Crippen molar-refractivity contribution in [3.8, 4) is 11.5 Å². The van der Waals surface area contributed by atoms with Gasteiger partial charge in [0.25, 0.3) is 0 Å². The van der Waals surface area contributed by atoms with Crippen LogP contribution in [0.5, 0.6) is 11.5 Å². The highest BCUT2D eigenvalue weighted by Gasteiger charge is 2.20. The van der Waals surface area contributed by atoms with Crippen LogP contribution in [-0.2, 0) is 4.74 Å². The number of ether oxygens (including phenoxy) is 3. The molecule has 0 aliphatic heterocycles. The van der Waals surface area contributed by atoms with E-state index in [1.165, 1.54) is 6.07 Å². The molecular formula is C25H30O6. The number of unbranched alkanes of at least 4 members (excludes halogenated alkanes) is 5. The normalized spacial score (nSPS) is 10.5. The van der Waals surface area contributed by atoms with Crippen LogP contribution in [0.2, 0.25) is 0 Å². The number of para-hydroxylation sites is 1. The van der Waals surface area contributed by atoms with Crippen molar-refractivity contribution in [1.82, 2.24) is 0 Å².